The minimum absolute atomic E-state index is 0.164. The van der Waals surface area contributed by atoms with Gasteiger partial charge in [0.25, 0.3) is 5.91 Å². The predicted octanol–water partition coefficient (Wildman–Crippen LogP) is 2.77. The first-order valence-electron chi connectivity index (χ1n) is 10.5. The topological polar surface area (TPSA) is 103 Å². The summed E-state index contributed by atoms with van der Waals surface area (Å²) in [5.74, 6) is 0.186. The molecule has 0 spiro atoms. The lowest BCUT2D eigenvalue weighted by Crippen LogP contribution is -2.40. The number of anilines is 1. The Kier molecular flexibility index (Phi) is 6.50. The molecule has 1 aromatic heterocycles. The number of amides is 1. The molecule has 0 radical (unpaired) electrons. The monoisotopic (exact) mass is 470 g/mol. The van der Waals surface area contributed by atoms with Crippen molar-refractivity contribution in [1.29, 1.82) is 0 Å². The molecule has 3 aromatic rings. The molecule has 10 heteroatoms. The average molecular weight is 471 g/mol. The minimum atomic E-state index is -3.69. The largest absolute Gasteiger partial charge is 0.494 e. The lowest BCUT2D eigenvalue weighted by atomic mass is 10.2. The summed E-state index contributed by atoms with van der Waals surface area (Å²) in [6.45, 7) is 5.03. The summed E-state index contributed by atoms with van der Waals surface area (Å²) in [6, 6.07) is 12.1. The maximum absolute atomic E-state index is 13.1. The van der Waals surface area contributed by atoms with Crippen LogP contribution >= 0.6 is 0 Å². The van der Waals surface area contributed by atoms with Crippen LogP contribution in [0.3, 0.4) is 0 Å². The van der Waals surface area contributed by atoms with Crippen LogP contribution < -0.4 is 10.1 Å². The van der Waals surface area contributed by atoms with E-state index in [0.717, 1.165) is 5.56 Å². The van der Waals surface area contributed by atoms with Gasteiger partial charge in [0.2, 0.25) is 10.0 Å². The standard InChI is InChI=1S/C23H26N4O5S/c1-16-4-7-21(31-3)20(14-16)27-9-8-19(25-27)23(28)24-18-6-5-17(2)22(15-18)33(29,30)26-10-12-32-13-11-26/h4-9,14-15H,10-13H2,1-3H3,(H,24,28). The van der Waals surface area contributed by atoms with Gasteiger partial charge in [-0.2, -0.15) is 9.40 Å². The number of nitrogens with zero attached hydrogens (tertiary/aromatic N) is 3. The van der Waals surface area contributed by atoms with Crippen LogP contribution in [0, 0.1) is 13.8 Å². The van der Waals surface area contributed by atoms with Gasteiger partial charge in [-0.25, -0.2) is 13.1 Å². The van der Waals surface area contributed by atoms with E-state index in [1.165, 1.54) is 10.4 Å². The molecule has 33 heavy (non-hydrogen) atoms. The van der Waals surface area contributed by atoms with Gasteiger partial charge in [-0.3, -0.25) is 4.79 Å². The summed E-state index contributed by atoms with van der Waals surface area (Å²) in [5.41, 5.74) is 2.92. The quantitative estimate of drug-likeness (QED) is 0.594. The number of methoxy groups -OCH3 is 1. The maximum atomic E-state index is 13.1. The zero-order valence-electron chi connectivity index (χ0n) is 18.7. The molecule has 0 unspecified atom stereocenters. The van der Waals surface area contributed by atoms with Gasteiger partial charge >= 0.3 is 0 Å². The number of aryl methyl sites for hydroxylation is 2. The van der Waals surface area contributed by atoms with Crippen molar-refractivity contribution in [2.24, 2.45) is 0 Å². The molecule has 9 nitrogen and oxygen atoms in total. The lowest BCUT2D eigenvalue weighted by molar-refractivity contribution is 0.0730. The summed E-state index contributed by atoms with van der Waals surface area (Å²) in [6.07, 6.45) is 1.68. The van der Waals surface area contributed by atoms with E-state index in [-0.39, 0.29) is 10.6 Å². The number of nitrogens with one attached hydrogen (secondary N) is 1. The van der Waals surface area contributed by atoms with Crippen molar-refractivity contribution in [3.63, 3.8) is 0 Å². The zero-order chi connectivity index (χ0) is 23.6. The van der Waals surface area contributed by atoms with Crippen molar-refractivity contribution in [3.8, 4) is 11.4 Å². The molecule has 4 rings (SSSR count). The molecule has 1 N–H and O–H groups in total. The molecule has 1 saturated heterocycles. The van der Waals surface area contributed by atoms with Crippen LogP contribution in [0.2, 0.25) is 0 Å². The smallest absolute Gasteiger partial charge is 0.276 e. The van der Waals surface area contributed by atoms with Crippen LogP contribution in [-0.4, -0.2) is 61.8 Å². The zero-order valence-corrected chi connectivity index (χ0v) is 19.6. The summed E-state index contributed by atoms with van der Waals surface area (Å²) in [5, 5.41) is 7.12. The highest BCUT2D eigenvalue weighted by molar-refractivity contribution is 7.89. The van der Waals surface area contributed by atoms with Crippen LogP contribution in [-0.2, 0) is 14.8 Å². The Hall–Kier alpha value is -3.21. The lowest BCUT2D eigenvalue weighted by Gasteiger charge is -2.26. The van der Waals surface area contributed by atoms with Gasteiger partial charge in [0.05, 0.1) is 25.2 Å². The molecule has 174 valence electrons. The van der Waals surface area contributed by atoms with Crippen LogP contribution in [0.15, 0.2) is 53.6 Å². The molecule has 2 heterocycles. The fourth-order valence-corrected chi connectivity index (χ4v) is 5.29. The van der Waals surface area contributed by atoms with E-state index >= 15 is 0 Å². The Bertz CT molecular complexity index is 1280. The first kappa shape index (κ1) is 23.0. The van der Waals surface area contributed by atoms with Crippen molar-refractivity contribution in [1.82, 2.24) is 14.1 Å². The van der Waals surface area contributed by atoms with Gasteiger partial charge in [0, 0.05) is 25.0 Å². The number of carbonyl (C=O) groups is 1. The van der Waals surface area contributed by atoms with E-state index < -0.39 is 15.9 Å². The van der Waals surface area contributed by atoms with Crippen molar-refractivity contribution in [3.05, 3.63) is 65.5 Å². The molecule has 0 atom stereocenters. The molecule has 0 bridgehead atoms. The molecule has 1 fully saturated rings. The SMILES string of the molecule is COc1ccc(C)cc1-n1ccc(C(=O)Nc2ccc(C)c(S(=O)(=O)N3CCOCC3)c2)n1. The predicted molar refractivity (Wildman–Crippen MR) is 124 cm³/mol. The number of morpholine rings is 1. The van der Waals surface area contributed by atoms with Crippen molar-refractivity contribution >= 4 is 21.6 Å². The molecular formula is C23H26N4O5S. The first-order valence-corrected chi connectivity index (χ1v) is 11.9. The van der Waals surface area contributed by atoms with Gasteiger partial charge in [0.15, 0.2) is 5.69 Å². The maximum Gasteiger partial charge on any atom is 0.276 e. The Labute approximate surface area is 193 Å². The summed E-state index contributed by atoms with van der Waals surface area (Å²) in [7, 11) is -2.12. The second-order valence-corrected chi connectivity index (χ2v) is 9.68. The number of carbonyl (C=O) groups excluding carboxylic acids is 1. The van der Waals surface area contributed by atoms with Crippen LogP contribution in [0.25, 0.3) is 5.69 Å². The molecule has 1 amide bonds. The molecule has 0 saturated carbocycles. The number of benzene rings is 2. The fourth-order valence-electron chi connectivity index (χ4n) is 3.64. The van der Waals surface area contributed by atoms with Gasteiger partial charge in [-0.05, 0) is 55.3 Å². The summed E-state index contributed by atoms with van der Waals surface area (Å²) >= 11 is 0. The van der Waals surface area contributed by atoms with E-state index in [4.69, 9.17) is 9.47 Å². The van der Waals surface area contributed by atoms with Crippen molar-refractivity contribution in [2.75, 3.05) is 38.7 Å². The Balaban J connectivity index is 1.57. The van der Waals surface area contributed by atoms with E-state index in [9.17, 15) is 13.2 Å². The molecule has 2 aromatic carbocycles. The normalized spacial score (nSPS) is 14.8. The molecule has 1 aliphatic rings. The number of aromatic nitrogens is 2. The van der Waals surface area contributed by atoms with E-state index in [1.54, 1.807) is 43.1 Å². The molecule has 0 aliphatic carbocycles. The third-order valence-electron chi connectivity index (χ3n) is 5.44. The van der Waals surface area contributed by atoms with Crippen molar-refractivity contribution in [2.45, 2.75) is 18.7 Å². The van der Waals surface area contributed by atoms with Crippen LogP contribution in [0.5, 0.6) is 5.75 Å². The molecular weight excluding hydrogens is 444 g/mol. The number of sulfonamides is 1. The number of hydrogen-bond donors (Lipinski definition) is 1. The van der Waals surface area contributed by atoms with Gasteiger partial charge in [-0.1, -0.05) is 12.1 Å². The van der Waals surface area contributed by atoms with E-state index in [2.05, 4.69) is 10.4 Å². The van der Waals surface area contributed by atoms with Crippen LogP contribution in [0.4, 0.5) is 5.69 Å². The van der Waals surface area contributed by atoms with Crippen LogP contribution in [0.1, 0.15) is 21.6 Å². The number of ether oxygens (including phenoxy) is 2. The van der Waals surface area contributed by atoms with Gasteiger partial charge in [0.1, 0.15) is 11.4 Å². The fraction of sp³-hybridized carbons (Fsp3) is 0.304. The Morgan fingerprint density at radius 1 is 1.09 bits per heavy atom. The van der Waals surface area contributed by atoms with E-state index in [1.807, 2.05) is 25.1 Å². The second kappa shape index (κ2) is 9.34. The summed E-state index contributed by atoms with van der Waals surface area (Å²) < 4.78 is 39.8. The third-order valence-corrected chi connectivity index (χ3v) is 7.48. The number of hydrogen-bond acceptors (Lipinski definition) is 6. The third kappa shape index (κ3) is 4.77. The summed E-state index contributed by atoms with van der Waals surface area (Å²) in [4.78, 5) is 13.0. The second-order valence-electron chi connectivity index (χ2n) is 7.77. The highest BCUT2D eigenvalue weighted by atomic mass is 32.2. The highest BCUT2D eigenvalue weighted by Gasteiger charge is 2.28. The Morgan fingerprint density at radius 3 is 2.58 bits per heavy atom. The van der Waals surface area contributed by atoms with Gasteiger partial charge < -0.3 is 14.8 Å². The molecule has 1 aliphatic heterocycles. The first-order chi connectivity index (χ1) is 15.8. The van der Waals surface area contributed by atoms with Crippen molar-refractivity contribution < 1.29 is 22.7 Å². The van der Waals surface area contributed by atoms with Gasteiger partial charge in [-0.15, -0.1) is 0 Å². The number of rotatable bonds is 6. The highest BCUT2D eigenvalue weighted by Crippen LogP contribution is 2.26. The Morgan fingerprint density at radius 2 is 1.85 bits per heavy atom. The van der Waals surface area contributed by atoms with E-state index in [0.29, 0.717) is 49.0 Å². The average Bonchev–Trinajstić information content (AvgIpc) is 3.31. The minimum Gasteiger partial charge on any atom is -0.494 e.